The van der Waals surface area contributed by atoms with Gasteiger partial charge in [0, 0.05) is 18.8 Å². The number of hydrogen-bond acceptors (Lipinski definition) is 5. The van der Waals surface area contributed by atoms with Gasteiger partial charge in [-0.1, -0.05) is 18.2 Å². The number of hydrogen-bond donors (Lipinski definition) is 1. The number of ether oxygens (including phenoxy) is 4. The SMILES string of the molecule is COc1ccc(CN(Cc2ccc3c(c2)OCO3)C(=S)Nc2ccc(OC)cc2)cc1. The molecule has 0 saturated carbocycles. The first kappa shape index (κ1) is 20.8. The first-order valence-corrected chi connectivity index (χ1v) is 10.3. The van der Waals surface area contributed by atoms with Gasteiger partial charge in [-0.25, -0.2) is 0 Å². The first-order valence-electron chi connectivity index (χ1n) is 9.86. The lowest BCUT2D eigenvalue weighted by Crippen LogP contribution is -2.33. The fourth-order valence-corrected chi connectivity index (χ4v) is 3.53. The third kappa shape index (κ3) is 5.19. The van der Waals surface area contributed by atoms with Crippen LogP contribution in [0, 0.1) is 0 Å². The van der Waals surface area contributed by atoms with Crippen LogP contribution in [-0.2, 0) is 13.1 Å². The molecule has 160 valence electrons. The van der Waals surface area contributed by atoms with Gasteiger partial charge in [0.15, 0.2) is 16.6 Å². The van der Waals surface area contributed by atoms with Crippen LogP contribution in [0.2, 0.25) is 0 Å². The fourth-order valence-electron chi connectivity index (χ4n) is 3.29. The van der Waals surface area contributed by atoms with Gasteiger partial charge >= 0.3 is 0 Å². The van der Waals surface area contributed by atoms with Crippen molar-refractivity contribution in [3.05, 3.63) is 77.9 Å². The molecule has 0 atom stereocenters. The molecule has 0 amide bonds. The van der Waals surface area contributed by atoms with Crippen molar-refractivity contribution in [2.24, 2.45) is 0 Å². The van der Waals surface area contributed by atoms with Crippen molar-refractivity contribution in [2.45, 2.75) is 13.1 Å². The van der Waals surface area contributed by atoms with E-state index in [4.69, 9.17) is 31.2 Å². The molecule has 1 aliphatic heterocycles. The van der Waals surface area contributed by atoms with Crippen LogP contribution in [0.15, 0.2) is 66.7 Å². The Balaban J connectivity index is 1.53. The number of nitrogens with zero attached hydrogens (tertiary/aromatic N) is 1. The summed E-state index contributed by atoms with van der Waals surface area (Å²) < 4.78 is 21.5. The Labute approximate surface area is 187 Å². The van der Waals surface area contributed by atoms with Crippen molar-refractivity contribution in [1.29, 1.82) is 0 Å². The second kappa shape index (κ2) is 9.57. The molecule has 0 radical (unpaired) electrons. The fraction of sp³-hybridized carbons (Fsp3) is 0.208. The van der Waals surface area contributed by atoms with Crippen LogP contribution < -0.4 is 24.3 Å². The topological polar surface area (TPSA) is 52.2 Å². The lowest BCUT2D eigenvalue weighted by molar-refractivity contribution is 0.174. The van der Waals surface area contributed by atoms with Crippen LogP contribution in [0.1, 0.15) is 11.1 Å². The standard InChI is InChI=1S/C24H24N2O4S/c1-27-20-8-3-17(4-9-20)14-26(15-18-5-12-22-23(13-18)30-16-29-22)24(31)25-19-6-10-21(28-2)11-7-19/h3-13H,14-16H2,1-2H3,(H,25,31). The van der Waals surface area contributed by atoms with Gasteiger partial charge in [-0.3, -0.25) is 0 Å². The van der Waals surface area contributed by atoms with Gasteiger partial charge in [0.2, 0.25) is 6.79 Å². The number of anilines is 1. The summed E-state index contributed by atoms with van der Waals surface area (Å²) in [7, 11) is 3.31. The molecule has 0 spiro atoms. The van der Waals surface area contributed by atoms with E-state index in [1.54, 1.807) is 14.2 Å². The van der Waals surface area contributed by atoms with Crippen LogP contribution in [0.5, 0.6) is 23.0 Å². The minimum absolute atomic E-state index is 0.256. The van der Waals surface area contributed by atoms with E-state index in [-0.39, 0.29) is 6.79 Å². The number of rotatable bonds is 7. The van der Waals surface area contributed by atoms with E-state index in [1.165, 1.54) is 0 Å². The van der Waals surface area contributed by atoms with Gasteiger partial charge in [0.1, 0.15) is 11.5 Å². The first-order chi connectivity index (χ1) is 15.1. The summed E-state index contributed by atoms with van der Waals surface area (Å²) in [5, 5.41) is 3.95. The van der Waals surface area contributed by atoms with Crippen LogP contribution >= 0.6 is 12.2 Å². The summed E-state index contributed by atoms with van der Waals surface area (Å²) in [6.07, 6.45) is 0. The van der Waals surface area contributed by atoms with Gasteiger partial charge < -0.3 is 29.2 Å². The summed E-state index contributed by atoms with van der Waals surface area (Å²) in [5.74, 6) is 3.15. The van der Waals surface area contributed by atoms with E-state index in [2.05, 4.69) is 10.2 Å². The molecule has 0 aromatic heterocycles. The van der Waals surface area contributed by atoms with Crippen LogP contribution in [-0.4, -0.2) is 31.0 Å². The molecule has 1 N–H and O–H groups in total. The summed E-state index contributed by atoms with van der Waals surface area (Å²) in [6.45, 7) is 1.51. The molecular formula is C24H24N2O4S. The largest absolute Gasteiger partial charge is 0.497 e. The Hall–Kier alpha value is -3.45. The second-order valence-corrected chi connectivity index (χ2v) is 7.44. The van der Waals surface area contributed by atoms with E-state index in [0.717, 1.165) is 39.8 Å². The maximum atomic E-state index is 5.77. The molecular weight excluding hydrogens is 412 g/mol. The minimum Gasteiger partial charge on any atom is -0.497 e. The van der Waals surface area contributed by atoms with Gasteiger partial charge in [0.25, 0.3) is 0 Å². The van der Waals surface area contributed by atoms with Crippen LogP contribution in [0.25, 0.3) is 0 Å². The zero-order chi connectivity index (χ0) is 21.6. The van der Waals surface area contributed by atoms with Crippen molar-refractivity contribution in [2.75, 3.05) is 26.3 Å². The molecule has 1 heterocycles. The molecule has 0 saturated heterocycles. The molecule has 4 rings (SSSR count). The summed E-state index contributed by atoms with van der Waals surface area (Å²) in [4.78, 5) is 2.11. The highest BCUT2D eigenvalue weighted by atomic mass is 32.1. The van der Waals surface area contributed by atoms with Crippen molar-refractivity contribution in [1.82, 2.24) is 4.90 Å². The van der Waals surface area contributed by atoms with Gasteiger partial charge in [-0.15, -0.1) is 0 Å². The monoisotopic (exact) mass is 436 g/mol. The normalized spacial score (nSPS) is 11.7. The van der Waals surface area contributed by atoms with E-state index in [9.17, 15) is 0 Å². The second-order valence-electron chi connectivity index (χ2n) is 7.05. The number of thiocarbonyl (C=S) groups is 1. The summed E-state index contributed by atoms with van der Waals surface area (Å²) in [5.41, 5.74) is 3.10. The number of methoxy groups -OCH3 is 2. The smallest absolute Gasteiger partial charge is 0.231 e. The van der Waals surface area contributed by atoms with Crippen molar-refractivity contribution in [3.63, 3.8) is 0 Å². The highest BCUT2D eigenvalue weighted by molar-refractivity contribution is 7.80. The predicted molar refractivity (Wildman–Crippen MR) is 124 cm³/mol. The molecule has 3 aromatic carbocycles. The molecule has 6 nitrogen and oxygen atoms in total. The Kier molecular flexibility index (Phi) is 6.43. The van der Waals surface area contributed by atoms with E-state index >= 15 is 0 Å². The molecule has 1 aliphatic rings. The van der Waals surface area contributed by atoms with Gasteiger partial charge in [0.05, 0.1) is 14.2 Å². The zero-order valence-electron chi connectivity index (χ0n) is 17.5. The maximum absolute atomic E-state index is 5.77. The third-order valence-electron chi connectivity index (χ3n) is 4.97. The molecule has 3 aromatic rings. The highest BCUT2D eigenvalue weighted by Gasteiger charge is 2.17. The number of nitrogens with one attached hydrogen (secondary N) is 1. The maximum Gasteiger partial charge on any atom is 0.231 e. The lowest BCUT2D eigenvalue weighted by Gasteiger charge is -2.26. The molecule has 0 bridgehead atoms. The minimum atomic E-state index is 0.256. The predicted octanol–water partition coefficient (Wildman–Crippen LogP) is 4.83. The Morgan fingerprint density at radius 3 is 2.10 bits per heavy atom. The average Bonchev–Trinajstić information content (AvgIpc) is 3.27. The lowest BCUT2D eigenvalue weighted by atomic mass is 10.1. The van der Waals surface area contributed by atoms with Gasteiger partial charge in [-0.05, 0) is 71.9 Å². The number of benzene rings is 3. The van der Waals surface area contributed by atoms with Crippen LogP contribution in [0.4, 0.5) is 5.69 Å². The molecule has 0 aliphatic carbocycles. The van der Waals surface area contributed by atoms with Crippen molar-refractivity contribution >= 4 is 23.0 Å². The average molecular weight is 437 g/mol. The molecule has 0 fully saturated rings. The summed E-state index contributed by atoms with van der Waals surface area (Å²) >= 11 is 5.77. The van der Waals surface area contributed by atoms with Crippen molar-refractivity contribution in [3.8, 4) is 23.0 Å². The van der Waals surface area contributed by atoms with Crippen molar-refractivity contribution < 1.29 is 18.9 Å². The van der Waals surface area contributed by atoms with E-state index < -0.39 is 0 Å². The van der Waals surface area contributed by atoms with Gasteiger partial charge in [-0.2, -0.15) is 0 Å². The molecule has 31 heavy (non-hydrogen) atoms. The third-order valence-corrected chi connectivity index (χ3v) is 5.33. The zero-order valence-corrected chi connectivity index (χ0v) is 18.3. The highest BCUT2D eigenvalue weighted by Crippen LogP contribution is 2.33. The van der Waals surface area contributed by atoms with E-state index in [1.807, 2.05) is 66.7 Å². The molecule has 7 heteroatoms. The Bertz CT molecular complexity index is 1040. The van der Waals surface area contributed by atoms with E-state index in [0.29, 0.717) is 18.2 Å². The summed E-state index contributed by atoms with van der Waals surface area (Å²) in [6, 6.07) is 21.6. The Morgan fingerprint density at radius 1 is 0.839 bits per heavy atom. The quantitative estimate of drug-likeness (QED) is 0.532. The van der Waals surface area contributed by atoms with Crippen LogP contribution in [0.3, 0.4) is 0 Å². The number of fused-ring (bicyclic) bond motifs is 1. The Morgan fingerprint density at radius 2 is 1.42 bits per heavy atom. The molecule has 0 unspecified atom stereocenters.